The number of hydrogen-bond acceptors (Lipinski definition) is 2. The molecule has 19 heavy (non-hydrogen) atoms. The summed E-state index contributed by atoms with van der Waals surface area (Å²) in [6.07, 6.45) is 0. The van der Waals surface area contributed by atoms with Crippen molar-refractivity contribution in [3.05, 3.63) is 58.4 Å². The van der Waals surface area contributed by atoms with E-state index in [1.807, 2.05) is 13.0 Å². The van der Waals surface area contributed by atoms with Gasteiger partial charge in [0.15, 0.2) is 0 Å². The second kappa shape index (κ2) is 5.55. The Morgan fingerprint density at radius 3 is 2.63 bits per heavy atom. The van der Waals surface area contributed by atoms with E-state index in [9.17, 15) is 4.39 Å². The summed E-state index contributed by atoms with van der Waals surface area (Å²) in [6, 6.07) is 9.86. The normalized spacial score (nSPS) is 10.3. The van der Waals surface area contributed by atoms with E-state index < -0.39 is 0 Å². The first kappa shape index (κ1) is 13.8. The van der Waals surface area contributed by atoms with Crippen LogP contribution in [-0.2, 0) is 0 Å². The van der Waals surface area contributed by atoms with E-state index in [1.54, 1.807) is 18.2 Å². The van der Waals surface area contributed by atoms with Crippen molar-refractivity contribution in [2.24, 2.45) is 5.73 Å². The third kappa shape index (κ3) is 3.43. The van der Waals surface area contributed by atoms with Crippen LogP contribution in [0.15, 0.2) is 36.4 Å². The van der Waals surface area contributed by atoms with Crippen LogP contribution in [-0.4, -0.2) is 4.99 Å². The lowest BCUT2D eigenvalue weighted by molar-refractivity contribution is 0.627. The molecule has 98 valence electrons. The molecule has 0 amide bonds. The molecule has 2 aromatic rings. The van der Waals surface area contributed by atoms with Gasteiger partial charge in [-0.3, -0.25) is 0 Å². The minimum atomic E-state index is -0.298. The maximum atomic E-state index is 13.3. The van der Waals surface area contributed by atoms with Gasteiger partial charge in [-0.2, -0.15) is 0 Å². The Kier molecular flexibility index (Phi) is 4.02. The van der Waals surface area contributed by atoms with Gasteiger partial charge in [0.1, 0.15) is 10.8 Å². The van der Waals surface area contributed by atoms with E-state index in [1.165, 1.54) is 12.1 Å². The molecule has 0 atom stereocenters. The summed E-state index contributed by atoms with van der Waals surface area (Å²) in [5.74, 6) is -0.298. The first-order valence-electron chi connectivity index (χ1n) is 5.59. The molecular weight excluding hydrogens is 283 g/mol. The summed E-state index contributed by atoms with van der Waals surface area (Å²) in [4.78, 5) is 0.234. The third-order valence-electron chi connectivity index (χ3n) is 2.57. The molecule has 0 bridgehead atoms. The Morgan fingerprint density at radius 1 is 1.26 bits per heavy atom. The largest absolute Gasteiger partial charge is 0.389 e. The monoisotopic (exact) mass is 294 g/mol. The number of nitrogens with two attached hydrogens (primary N) is 1. The zero-order valence-electron chi connectivity index (χ0n) is 10.2. The van der Waals surface area contributed by atoms with Crippen LogP contribution in [0.2, 0.25) is 5.02 Å². The molecule has 0 saturated heterocycles. The predicted octanol–water partition coefficient (Wildman–Crippen LogP) is 4.17. The van der Waals surface area contributed by atoms with Gasteiger partial charge >= 0.3 is 0 Å². The standard InChI is InChI=1S/C14H12ClFN2S/c1-8-4-10(16)7-11(5-8)18-13-3-2-9(15)6-12(13)14(17)19/h2-7,18H,1H3,(H2,17,19). The Morgan fingerprint density at radius 2 is 2.00 bits per heavy atom. The van der Waals surface area contributed by atoms with Crippen molar-refractivity contribution >= 4 is 40.2 Å². The fourth-order valence-corrected chi connectivity index (χ4v) is 2.13. The fourth-order valence-electron chi connectivity index (χ4n) is 1.79. The average Bonchev–Trinajstić information content (AvgIpc) is 2.30. The molecule has 5 heteroatoms. The topological polar surface area (TPSA) is 38.0 Å². The SMILES string of the molecule is Cc1cc(F)cc(Nc2ccc(Cl)cc2C(N)=S)c1. The summed E-state index contributed by atoms with van der Waals surface area (Å²) in [5.41, 5.74) is 8.44. The van der Waals surface area contributed by atoms with Crippen LogP contribution in [0.5, 0.6) is 0 Å². The van der Waals surface area contributed by atoms with Crippen molar-refractivity contribution in [2.45, 2.75) is 6.92 Å². The average molecular weight is 295 g/mol. The number of anilines is 2. The number of rotatable bonds is 3. The highest BCUT2D eigenvalue weighted by Crippen LogP contribution is 2.25. The highest BCUT2D eigenvalue weighted by atomic mass is 35.5. The quantitative estimate of drug-likeness (QED) is 0.835. The minimum Gasteiger partial charge on any atom is -0.389 e. The van der Waals surface area contributed by atoms with Crippen molar-refractivity contribution < 1.29 is 4.39 Å². The molecule has 0 radical (unpaired) electrons. The Bertz CT molecular complexity index is 623. The molecule has 0 aliphatic carbocycles. The molecule has 2 aromatic carbocycles. The lowest BCUT2D eigenvalue weighted by Gasteiger charge is -2.12. The number of halogens is 2. The zero-order chi connectivity index (χ0) is 14.0. The molecule has 0 heterocycles. The second-order valence-corrected chi connectivity index (χ2v) is 5.07. The van der Waals surface area contributed by atoms with Gasteiger partial charge in [0.05, 0.1) is 0 Å². The minimum absolute atomic E-state index is 0.234. The third-order valence-corrected chi connectivity index (χ3v) is 3.02. The lowest BCUT2D eigenvalue weighted by Crippen LogP contribution is -2.12. The molecule has 0 saturated carbocycles. The van der Waals surface area contributed by atoms with Gasteiger partial charge < -0.3 is 11.1 Å². The van der Waals surface area contributed by atoms with E-state index in [2.05, 4.69) is 5.32 Å². The van der Waals surface area contributed by atoms with Gasteiger partial charge in [0.25, 0.3) is 0 Å². The molecule has 0 unspecified atom stereocenters. The van der Waals surface area contributed by atoms with Gasteiger partial charge in [-0.1, -0.05) is 23.8 Å². The summed E-state index contributed by atoms with van der Waals surface area (Å²) < 4.78 is 13.3. The molecule has 0 aliphatic heterocycles. The Balaban J connectivity index is 2.40. The van der Waals surface area contributed by atoms with Crippen LogP contribution < -0.4 is 11.1 Å². The van der Waals surface area contributed by atoms with E-state index >= 15 is 0 Å². The zero-order valence-corrected chi connectivity index (χ0v) is 11.8. The first-order chi connectivity index (χ1) is 8.95. The number of hydrogen-bond donors (Lipinski definition) is 2. The molecular formula is C14H12ClFN2S. The number of thiocarbonyl (C=S) groups is 1. The summed E-state index contributed by atoms with van der Waals surface area (Å²) in [7, 11) is 0. The Hall–Kier alpha value is -1.65. The number of aryl methyl sites for hydroxylation is 1. The fraction of sp³-hybridized carbons (Fsp3) is 0.0714. The van der Waals surface area contributed by atoms with E-state index in [0.717, 1.165) is 5.56 Å². The smallest absolute Gasteiger partial charge is 0.125 e. The van der Waals surface area contributed by atoms with Gasteiger partial charge in [0, 0.05) is 22.0 Å². The highest BCUT2D eigenvalue weighted by Gasteiger charge is 2.07. The highest BCUT2D eigenvalue weighted by molar-refractivity contribution is 7.80. The number of benzene rings is 2. The summed E-state index contributed by atoms with van der Waals surface area (Å²) in [5, 5.41) is 3.64. The van der Waals surface area contributed by atoms with Gasteiger partial charge in [-0.25, -0.2) is 4.39 Å². The van der Waals surface area contributed by atoms with Crippen LogP contribution in [0.1, 0.15) is 11.1 Å². The molecule has 2 rings (SSSR count). The van der Waals surface area contributed by atoms with Gasteiger partial charge in [-0.05, 0) is 48.9 Å². The second-order valence-electron chi connectivity index (χ2n) is 4.20. The molecule has 2 nitrogen and oxygen atoms in total. The van der Waals surface area contributed by atoms with Crippen molar-refractivity contribution in [3.8, 4) is 0 Å². The van der Waals surface area contributed by atoms with Crippen LogP contribution in [0, 0.1) is 12.7 Å². The van der Waals surface area contributed by atoms with E-state index in [0.29, 0.717) is 22.0 Å². The van der Waals surface area contributed by atoms with E-state index in [4.69, 9.17) is 29.6 Å². The number of nitrogens with one attached hydrogen (secondary N) is 1. The maximum absolute atomic E-state index is 13.3. The molecule has 0 aliphatic rings. The molecule has 0 spiro atoms. The van der Waals surface area contributed by atoms with Crippen LogP contribution in [0.4, 0.5) is 15.8 Å². The van der Waals surface area contributed by atoms with Crippen molar-refractivity contribution in [2.75, 3.05) is 5.32 Å². The van der Waals surface area contributed by atoms with Gasteiger partial charge in [0.2, 0.25) is 0 Å². The maximum Gasteiger partial charge on any atom is 0.125 e. The lowest BCUT2D eigenvalue weighted by atomic mass is 10.1. The summed E-state index contributed by atoms with van der Waals surface area (Å²) in [6.45, 7) is 1.82. The van der Waals surface area contributed by atoms with Crippen molar-refractivity contribution in [1.29, 1.82) is 0 Å². The molecule has 0 fully saturated rings. The predicted molar refractivity (Wildman–Crippen MR) is 81.8 cm³/mol. The van der Waals surface area contributed by atoms with Crippen LogP contribution >= 0.6 is 23.8 Å². The molecule has 3 N–H and O–H groups in total. The van der Waals surface area contributed by atoms with Crippen molar-refractivity contribution in [1.82, 2.24) is 0 Å². The molecule has 0 aromatic heterocycles. The van der Waals surface area contributed by atoms with Crippen LogP contribution in [0.3, 0.4) is 0 Å². The first-order valence-corrected chi connectivity index (χ1v) is 6.38. The van der Waals surface area contributed by atoms with E-state index in [-0.39, 0.29) is 10.8 Å². The van der Waals surface area contributed by atoms with Gasteiger partial charge in [-0.15, -0.1) is 0 Å². The van der Waals surface area contributed by atoms with Crippen LogP contribution in [0.25, 0.3) is 0 Å². The Labute approximate surface area is 121 Å². The summed E-state index contributed by atoms with van der Waals surface area (Å²) >= 11 is 10.9. The van der Waals surface area contributed by atoms with Crippen molar-refractivity contribution in [3.63, 3.8) is 0 Å².